The molecule has 0 bridgehead atoms. The Morgan fingerprint density at radius 1 is 1.26 bits per heavy atom. The van der Waals surface area contributed by atoms with Crippen LogP contribution in [-0.2, 0) is 20.1 Å². The normalized spacial score (nSPS) is 10.9. The van der Waals surface area contributed by atoms with Crippen LogP contribution in [0.1, 0.15) is 25.2 Å². The predicted molar refractivity (Wildman–Crippen MR) is 73.8 cm³/mol. The van der Waals surface area contributed by atoms with Crippen LogP contribution in [0.2, 0.25) is 0 Å². The Bertz CT molecular complexity index is 522. The van der Waals surface area contributed by atoms with Crippen molar-refractivity contribution < 1.29 is 4.74 Å². The van der Waals surface area contributed by atoms with E-state index in [2.05, 4.69) is 21.5 Å². The summed E-state index contributed by atoms with van der Waals surface area (Å²) >= 11 is 0. The monoisotopic (exact) mass is 260 g/mol. The third-order valence-corrected chi connectivity index (χ3v) is 2.58. The maximum absolute atomic E-state index is 5.78. The van der Waals surface area contributed by atoms with Gasteiger partial charge in [-0.2, -0.15) is 5.10 Å². The summed E-state index contributed by atoms with van der Waals surface area (Å²) in [6.07, 6.45) is 1.88. The van der Waals surface area contributed by atoms with Gasteiger partial charge in [0.15, 0.2) is 5.82 Å². The number of nitrogens with zero attached hydrogens (tertiary/aromatic N) is 3. The van der Waals surface area contributed by atoms with Crippen LogP contribution < -0.4 is 10.1 Å². The molecule has 0 fully saturated rings. The summed E-state index contributed by atoms with van der Waals surface area (Å²) in [6.45, 7) is 5.45. The summed E-state index contributed by atoms with van der Waals surface area (Å²) in [7, 11) is 1.86. The first-order valence-corrected chi connectivity index (χ1v) is 6.45. The maximum Gasteiger partial charge on any atom is 0.164 e. The summed E-state index contributed by atoms with van der Waals surface area (Å²) in [5, 5.41) is 7.55. The Kier molecular flexibility index (Phi) is 4.52. The number of aromatic nitrogens is 3. The molecule has 0 aliphatic rings. The number of aryl methyl sites for hydroxylation is 1. The van der Waals surface area contributed by atoms with Crippen molar-refractivity contribution in [3.05, 3.63) is 42.0 Å². The number of hydrogen-bond donors (Lipinski definition) is 1. The van der Waals surface area contributed by atoms with Crippen LogP contribution >= 0.6 is 0 Å². The first-order valence-electron chi connectivity index (χ1n) is 6.45. The van der Waals surface area contributed by atoms with Gasteiger partial charge in [0.2, 0.25) is 0 Å². The number of hydrogen-bond acceptors (Lipinski definition) is 4. The average Bonchev–Trinajstić information content (AvgIpc) is 2.77. The summed E-state index contributed by atoms with van der Waals surface area (Å²) in [6, 6.07) is 8.07. The lowest BCUT2D eigenvalue weighted by atomic mass is 10.2. The number of benzene rings is 1. The minimum atomic E-state index is 0.179. The van der Waals surface area contributed by atoms with Gasteiger partial charge in [-0.25, -0.2) is 4.98 Å². The Morgan fingerprint density at radius 2 is 2.05 bits per heavy atom. The Hall–Kier alpha value is -1.88. The lowest BCUT2D eigenvalue weighted by molar-refractivity contribution is 0.239. The predicted octanol–water partition coefficient (Wildman–Crippen LogP) is 1.89. The van der Waals surface area contributed by atoms with Gasteiger partial charge in [-0.15, -0.1) is 0 Å². The third kappa shape index (κ3) is 4.06. The molecule has 1 aromatic carbocycles. The molecule has 1 heterocycles. The van der Waals surface area contributed by atoms with Crippen molar-refractivity contribution in [2.24, 2.45) is 7.05 Å². The minimum absolute atomic E-state index is 0.179. The molecule has 1 aromatic heterocycles. The number of rotatable bonds is 6. The van der Waals surface area contributed by atoms with E-state index in [1.807, 2.05) is 39.1 Å². The summed E-state index contributed by atoms with van der Waals surface area (Å²) in [4.78, 5) is 4.18. The largest absolute Gasteiger partial charge is 0.491 e. The molecule has 0 unspecified atom stereocenters. The van der Waals surface area contributed by atoms with Crippen LogP contribution in [0.5, 0.6) is 5.75 Å². The number of para-hydroxylation sites is 1. The van der Waals surface area contributed by atoms with Gasteiger partial charge in [-0.3, -0.25) is 4.68 Å². The summed E-state index contributed by atoms with van der Waals surface area (Å²) < 4.78 is 7.48. The second-order valence-electron chi connectivity index (χ2n) is 4.71. The van der Waals surface area contributed by atoms with Gasteiger partial charge in [0, 0.05) is 19.2 Å². The highest BCUT2D eigenvalue weighted by molar-refractivity contribution is 5.33. The average molecular weight is 260 g/mol. The second kappa shape index (κ2) is 6.33. The summed E-state index contributed by atoms with van der Waals surface area (Å²) in [5.74, 6) is 1.73. The molecule has 19 heavy (non-hydrogen) atoms. The topological polar surface area (TPSA) is 52.0 Å². The van der Waals surface area contributed by atoms with Crippen molar-refractivity contribution in [3.63, 3.8) is 0 Å². The molecule has 0 radical (unpaired) electrons. The molecule has 0 saturated carbocycles. The maximum atomic E-state index is 5.78. The molecule has 0 spiro atoms. The van der Waals surface area contributed by atoms with Crippen molar-refractivity contribution in [3.8, 4) is 5.75 Å². The molecule has 0 atom stereocenters. The van der Waals surface area contributed by atoms with Gasteiger partial charge >= 0.3 is 0 Å². The zero-order chi connectivity index (χ0) is 13.7. The fourth-order valence-corrected chi connectivity index (χ4v) is 1.79. The van der Waals surface area contributed by atoms with Gasteiger partial charge in [0.1, 0.15) is 12.1 Å². The molecule has 5 nitrogen and oxygen atoms in total. The van der Waals surface area contributed by atoms with E-state index >= 15 is 0 Å². The van der Waals surface area contributed by atoms with Crippen LogP contribution in [0, 0.1) is 0 Å². The SMILES string of the molecule is CC(C)Oc1ccccc1CNCc1ncn(C)n1. The number of ether oxygens (including phenoxy) is 1. The highest BCUT2D eigenvalue weighted by Gasteiger charge is 2.05. The van der Waals surface area contributed by atoms with Crippen LogP contribution in [0.3, 0.4) is 0 Å². The van der Waals surface area contributed by atoms with Crippen molar-refractivity contribution in [1.29, 1.82) is 0 Å². The van der Waals surface area contributed by atoms with Crippen molar-refractivity contribution in [2.45, 2.75) is 33.0 Å². The fourth-order valence-electron chi connectivity index (χ4n) is 1.79. The Balaban J connectivity index is 1.92. The summed E-state index contributed by atoms with van der Waals surface area (Å²) in [5.41, 5.74) is 1.15. The van der Waals surface area contributed by atoms with Gasteiger partial charge in [-0.1, -0.05) is 18.2 Å². The van der Waals surface area contributed by atoms with Crippen molar-refractivity contribution in [1.82, 2.24) is 20.1 Å². The van der Waals surface area contributed by atoms with Crippen LogP contribution in [0.25, 0.3) is 0 Å². The van der Waals surface area contributed by atoms with Crippen molar-refractivity contribution in [2.75, 3.05) is 0 Å². The van der Waals surface area contributed by atoms with Gasteiger partial charge < -0.3 is 10.1 Å². The van der Waals surface area contributed by atoms with E-state index in [-0.39, 0.29) is 6.10 Å². The zero-order valence-electron chi connectivity index (χ0n) is 11.6. The molecular formula is C14H20N4O. The first kappa shape index (κ1) is 13.5. The number of nitrogens with one attached hydrogen (secondary N) is 1. The molecule has 2 rings (SSSR count). The van der Waals surface area contributed by atoms with Gasteiger partial charge in [-0.05, 0) is 19.9 Å². The minimum Gasteiger partial charge on any atom is -0.491 e. The van der Waals surface area contributed by atoms with E-state index in [4.69, 9.17) is 4.74 Å². The second-order valence-corrected chi connectivity index (χ2v) is 4.71. The van der Waals surface area contributed by atoms with Gasteiger partial charge in [0.25, 0.3) is 0 Å². The molecule has 0 saturated heterocycles. The van der Waals surface area contributed by atoms with Crippen LogP contribution in [0.4, 0.5) is 0 Å². The standard InChI is InChI=1S/C14H20N4O/c1-11(2)19-13-7-5-4-6-12(13)8-15-9-14-16-10-18(3)17-14/h4-7,10-11,15H,8-9H2,1-3H3. The first-order chi connectivity index (χ1) is 9.15. The van der Waals surface area contributed by atoms with E-state index in [0.29, 0.717) is 6.54 Å². The Morgan fingerprint density at radius 3 is 2.74 bits per heavy atom. The molecule has 0 amide bonds. The van der Waals surface area contributed by atoms with E-state index in [9.17, 15) is 0 Å². The van der Waals surface area contributed by atoms with Gasteiger partial charge in [0.05, 0.1) is 12.6 Å². The van der Waals surface area contributed by atoms with E-state index in [1.54, 1.807) is 11.0 Å². The van der Waals surface area contributed by atoms with E-state index in [0.717, 1.165) is 23.7 Å². The molecule has 0 aliphatic carbocycles. The quantitative estimate of drug-likeness (QED) is 0.861. The molecule has 5 heteroatoms. The molecular weight excluding hydrogens is 240 g/mol. The highest BCUT2D eigenvalue weighted by atomic mass is 16.5. The molecule has 102 valence electrons. The highest BCUT2D eigenvalue weighted by Crippen LogP contribution is 2.19. The lowest BCUT2D eigenvalue weighted by Crippen LogP contribution is -2.16. The third-order valence-electron chi connectivity index (χ3n) is 2.58. The molecule has 1 N–H and O–H groups in total. The fraction of sp³-hybridized carbons (Fsp3) is 0.429. The molecule has 0 aliphatic heterocycles. The van der Waals surface area contributed by atoms with E-state index in [1.165, 1.54) is 0 Å². The smallest absolute Gasteiger partial charge is 0.164 e. The van der Waals surface area contributed by atoms with E-state index < -0.39 is 0 Å². The zero-order valence-corrected chi connectivity index (χ0v) is 11.6. The van der Waals surface area contributed by atoms with Crippen LogP contribution in [-0.4, -0.2) is 20.9 Å². The lowest BCUT2D eigenvalue weighted by Gasteiger charge is -2.14. The Labute approximate surface area is 113 Å². The molecule has 2 aromatic rings. The van der Waals surface area contributed by atoms with Crippen LogP contribution in [0.15, 0.2) is 30.6 Å². The van der Waals surface area contributed by atoms with Crippen molar-refractivity contribution >= 4 is 0 Å².